The van der Waals surface area contributed by atoms with Gasteiger partial charge in [-0.3, -0.25) is 9.89 Å². The second kappa shape index (κ2) is 6.53. The Kier molecular flexibility index (Phi) is 4.20. The first-order valence-corrected chi connectivity index (χ1v) is 8.95. The maximum Gasteiger partial charge on any atom is 0.274 e. The zero-order valence-corrected chi connectivity index (χ0v) is 15.3. The Morgan fingerprint density at radius 3 is 2.77 bits per heavy atom. The number of carbonyl (C=O) groups excluding carboxylic acids is 1. The molecule has 0 bridgehead atoms. The second-order valence-corrected chi connectivity index (χ2v) is 7.00. The van der Waals surface area contributed by atoms with E-state index in [1.165, 1.54) is 0 Å². The summed E-state index contributed by atoms with van der Waals surface area (Å²) in [5.41, 5.74) is 5.16. The lowest BCUT2D eigenvalue weighted by molar-refractivity contribution is 0.0728. The molecule has 3 aromatic heterocycles. The highest BCUT2D eigenvalue weighted by Crippen LogP contribution is 2.31. The fraction of sp³-hybridized carbons (Fsp3) is 0.444. The summed E-state index contributed by atoms with van der Waals surface area (Å²) in [5.74, 6) is 0.161. The van der Waals surface area contributed by atoms with Gasteiger partial charge in [0.1, 0.15) is 6.33 Å². The topological polar surface area (TPSA) is 91.2 Å². The number of piperazine rings is 1. The van der Waals surface area contributed by atoms with E-state index in [0.29, 0.717) is 18.8 Å². The van der Waals surface area contributed by atoms with Crippen LogP contribution in [0.25, 0.3) is 16.9 Å². The van der Waals surface area contributed by atoms with Crippen LogP contribution in [-0.4, -0.2) is 61.8 Å². The number of nitrogens with one attached hydrogen (secondary N) is 2. The van der Waals surface area contributed by atoms with Crippen LogP contribution in [-0.2, 0) is 0 Å². The van der Waals surface area contributed by atoms with Gasteiger partial charge in [-0.2, -0.15) is 10.2 Å². The van der Waals surface area contributed by atoms with Crippen LogP contribution in [0.5, 0.6) is 0 Å². The van der Waals surface area contributed by atoms with E-state index in [2.05, 4.69) is 45.5 Å². The number of hydrogen-bond donors (Lipinski definition) is 2. The third-order valence-corrected chi connectivity index (χ3v) is 4.84. The normalized spacial score (nSPS) is 15.2. The zero-order valence-electron chi connectivity index (χ0n) is 15.3. The predicted molar refractivity (Wildman–Crippen MR) is 98.2 cm³/mol. The van der Waals surface area contributed by atoms with Crippen molar-refractivity contribution in [2.24, 2.45) is 0 Å². The molecule has 1 aliphatic heterocycles. The van der Waals surface area contributed by atoms with Gasteiger partial charge in [-0.15, -0.1) is 0 Å². The van der Waals surface area contributed by atoms with E-state index in [1.807, 2.05) is 18.0 Å². The average molecular weight is 353 g/mol. The van der Waals surface area contributed by atoms with Crippen LogP contribution in [0.3, 0.4) is 0 Å². The molecule has 8 nitrogen and oxygen atoms in total. The van der Waals surface area contributed by atoms with Crippen molar-refractivity contribution in [1.29, 1.82) is 0 Å². The van der Waals surface area contributed by atoms with Gasteiger partial charge in [0.15, 0.2) is 11.3 Å². The molecule has 0 aromatic carbocycles. The van der Waals surface area contributed by atoms with Gasteiger partial charge in [0.05, 0.1) is 5.69 Å². The molecule has 1 aliphatic rings. The molecule has 1 saturated heterocycles. The average Bonchev–Trinajstić information content (AvgIpc) is 3.28. The summed E-state index contributed by atoms with van der Waals surface area (Å²) in [6.45, 7) is 9.24. The molecule has 8 heteroatoms. The van der Waals surface area contributed by atoms with E-state index in [1.54, 1.807) is 10.8 Å². The molecule has 136 valence electrons. The van der Waals surface area contributed by atoms with Gasteiger partial charge in [0, 0.05) is 43.5 Å². The van der Waals surface area contributed by atoms with Crippen molar-refractivity contribution in [3.05, 3.63) is 35.4 Å². The molecule has 2 N–H and O–H groups in total. The van der Waals surface area contributed by atoms with Gasteiger partial charge in [-0.05, 0) is 24.5 Å². The van der Waals surface area contributed by atoms with Gasteiger partial charge in [-0.25, -0.2) is 9.50 Å². The lowest BCUT2D eigenvalue weighted by Crippen LogP contribution is -2.46. The largest absolute Gasteiger partial charge is 0.335 e. The zero-order chi connectivity index (χ0) is 18.3. The number of aryl methyl sites for hydroxylation is 1. The van der Waals surface area contributed by atoms with Crippen LogP contribution < -0.4 is 5.32 Å². The fourth-order valence-corrected chi connectivity index (χ4v) is 3.54. The van der Waals surface area contributed by atoms with Crippen molar-refractivity contribution >= 4 is 11.6 Å². The van der Waals surface area contributed by atoms with Crippen molar-refractivity contribution < 1.29 is 4.79 Å². The van der Waals surface area contributed by atoms with E-state index in [0.717, 1.165) is 41.1 Å². The first kappa shape index (κ1) is 16.7. The van der Waals surface area contributed by atoms with E-state index in [4.69, 9.17) is 0 Å². The molecule has 0 radical (unpaired) electrons. The van der Waals surface area contributed by atoms with Gasteiger partial charge >= 0.3 is 0 Å². The number of aromatic amines is 1. The van der Waals surface area contributed by atoms with Gasteiger partial charge in [0.2, 0.25) is 0 Å². The molecule has 1 fully saturated rings. The summed E-state index contributed by atoms with van der Waals surface area (Å²) in [7, 11) is 0. The Morgan fingerprint density at radius 2 is 2.04 bits per heavy atom. The minimum absolute atomic E-state index is 0.00347. The minimum Gasteiger partial charge on any atom is -0.335 e. The maximum atomic E-state index is 13.0. The van der Waals surface area contributed by atoms with Crippen LogP contribution in [0.15, 0.2) is 18.6 Å². The number of nitrogens with zero attached hydrogens (tertiary/aromatic N) is 5. The minimum atomic E-state index is -0.00347. The molecule has 0 atom stereocenters. The van der Waals surface area contributed by atoms with Gasteiger partial charge in [0.25, 0.3) is 5.91 Å². The highest BCUT2D eigenvalue weighted by atomic mass is 16.2. The maximum absolute atomic E-state index is 13.0. The number of rotatable bonds is 3. The SMILES string of the molecule is Cc1cc(-c2[nH]nc(C(=O)N3CCNCC3)c2C(C)C)cn2ncnc12. The lowest BCUT2D eigenvalue weighted by Gasteiger charge is -2.27. The highest BCUT2D eigenvalue weighted by molar-refractivity contribution is 5.96. The van der Waals surface area contributed by atoms with E-state index >= 15 is 0 Å². The van der Waals surface area contributed by atoms with Crippen molar-refractivity contribution in [2.75, 3.05) is 26.2 Å². The van der Waals surface area contributed by atoms with Crippen LogP contribution in [0, 0.1) is 6.92 Å². The first-order chi connectivity index (χ1) is 12.6. The summed E-state index contributed by atoms with van der Waals surface area (Å²) in [6.07, 6.45) is 3.47. The monoisotopic (exact) mass is 353 g/mol. The highest BCUT2D eigenvalue weighted by Gasteiger charge is 2.27. The Morgan fingerprint density at radius 1 is 1.27 bits per heavy atom. The smallest absolute Gasteiger partial charge is 0.274 e. The standard InChI is InChI=1S/C18H23N7O/c1-11(2)14-15(13-8-12(3)17-20-10-21-25(17)9-13)22-23-16(14)18(26)24-6-4-19-5-7-24/h8-11,19H,4-7H2,1-3H3,(H,22,23). The molecular weight excluding hydrogens is 330 g/mol. The molecule has 3 aromatic rings. The molecule has 26 heavy (non-hydrogen) atoms. The van der Waals surface area contributed by atoms with Gasteiger partial charge < -0.3 is 10.2 Å². The van der Waals surface area contributed by atoms with Crippen molar-refractivity contribution in [3.8, 4) is 11.3 Å². The molecule has 4 rings (SSSR count). The molecule has 0 spiro atoms. The van der Waals surface area contributed by atoms with E-state index in [-0.39, 0.29) is 11.8 Å². The number of pyridine rings is 1. The lowest BCUT2D eigenvalue weighted by atomic mass is 9.96. The Balaban J connectivity index is 1.79. The summed E-state index contributed by atoms with van der Waals surface area (Å²) in [5, 5.41) is 15.0. The number of carbonyl (C=O) groups is 1. The van der Waals surface area contributed by atoms with Crippen LogP contribution >= 0.6 is 0 Å². The molecular formula is C18H23N7O. The summed E-state index contributed by atoms with van der Waals surface area (Å²) >= 11 is 0. The number of amides is 1. The molecule has 4 heterocycles. The summed E-state index contributed by atoms with van der Waals surface area (Å²) < 4.78 is 1.76. The van der Waals surface area contributed by atoms with Crippen LogP contribution in [0.1, 0.15) is 41.4 Å². The molecule has 0 aliphatic carbocycles. The second-order valence-electron chi connectivity index (χ2n) is 7.00. The first-order valence-electron chi connectivity index (χ1n) is 8.95. The Hall–Kier alpha value is -2.74. The Labute approximate surface area is 151 Å². The number of H-pyrrole nitrogens is 1. The fourth-order valence-electron chi connectivity index (χ4n) is 3.54. The van der Waals surface area contributed by atoms with E-state index < -0.39 is 0 Å². The predicted octanol–water partition coefficient (Wildman–Crippen LogP) is 1.60. The van der Waals surface area contributed by atoms with Crippen molar-refractivity contribution in [2.45, 2.75) is 26.7 Å². The van der Waals surface area contributed by atoms with E-state index in [9.17, 15) is 4.79 Å². The quantitative estimate of drug-likeness (QED) is 0.746. The third kappa shape index (κ3) is 2.76. The number of aromatic nitrogens is 5. The number of fused-ring (bicyclic) bond motifs is 1. The molecule has 0 saturated carbocycles. The van der Waals surface area contributed by atoms with Crippen molar-refractivity contribution in [1.82, 2.24) is 35.0 Å². The van der Waals surface area contributed by atoms with Crippen molar-refractivity contribution in [3.63, 3.8) is 0 Å². The van der Waals surface area contributed by atoms with Gasteiger partial charge in [-0.1, -0.05) is 13.8 Å². The molecule has 0 unspecified atom stereocenters. The molecule has 1 amide bonds. The Bertz CT molecular complexity index is 950. The van der Waals surface area contributed by atoms with Crippen LogP contribution in [0.2, 0.25) is 0 Å². The van der Waals surface area contributed by atoms with Crippen LogP contribution in [0.4, 0.5) is 0 Å². The summed E-state index contributed by atoms with van der Waals surface area (Å²) in [4.78, 5) is 19.1. The third-order valence-electron chi connectivity index (χ3n) is 4.84. The summed E-state index contributed by atoms with van der Waals surface area (Å²) in [6, 6.07) is 2.06. The number of hydrogen-bond acceptors (Lipinski definition) is 5.